The molecule has 0 aliphatic heterocycles. The molecule has 1 aromatic carbocycles. The van der Waals surface area contributed by atoms with E-state index in [4.69, 9.17) is 5.73 Å². The van der Waals surface area contributed by atoms with Crippen LogP contribution >= 0.6 is 15.9 Å². The van der Waals surface area contributed by atoms with Crippen molar-refractivity contribution in [2.75, 3.05) is 6.54 Å². The zero-order valence-corrected chi connectivity index (χ0v) is 11.0. The quantitative estimate of drug-likeness (QED) is 0.779. The largest absolute Gasteiger partial charge is 0.345 e. The summed E-state index contributed by atoms with van der Waals surface area (Å²) in [5.74, 6) is 1.06. The number of nitrogens with zero attached hydrogens (tertiary/aromatic N) is 1. The number of nitrogens with one attached hydrogen (secondary N) is 1. The maximum Gasteiger partial charge on any atom is 0.107 e. The number of halogens is 1. The Morgan fingerprint density at radius 3 is 3.12 bits per heavy atom. The summed E-state index contributed by atoms with van der Waals surface area (Å²) < 4.78 is 1.13. The van der Waals surface area contributed by atoms with Gasteiger partial charge >= 0.3 is 0 Å². The van der Waals surface area contributed by atoms with Gasteiger partial charge in [0.2, 0.25) is 0 Å². The van der Waals surface area contributed by atoms with Gasteiger partial charge in [-0.25, -0.2) is 4.98 Å². The Balaban J connectivity index is 1.95. The topological polar surface area (TPSA) is 54.7 Å². The minimum atomic E-state index is 0.717. The molecule has 0 atom stereocenters. The summed E-state index contributed by atoms with van der Waals surface area (Å²) in [5.41, 5.74) is 10.5. The van der Waals surface area contributed by atoms with E-state index in [2.05, 4.69) is 44.1 Å². The molecule has 0 bridgehead atoms. The first-order chi connectivity index (χ1) is 8.28. The van der Waals surface area contributed by atoms with Gasteiger partial charge in [-0.1, -0.05) is 22.0 Å². The van der Waals surface area contributed by atoms with Gasteiger partial charge in [0.15, 0.2) is 0 Å². The third-order valence-electron chi connectivity index (χ3n) is 3.14. The van der Waals surface area contributed by atoms with E-state index in [1.54, 1.807) is 0 Å². The van der Waals surface area contributed by atoms with Gasteiger partial charge in [0, 0.05) is 28.6 Å². The predicted octanol–water partition coefficient (Wildman–Crippen LogP) is 2.63. The van der Waals surface area contributed by atoms with E-state index in [1.807, 2.05) is 0 Å². The van der Waals surface area contributed by atoms with Crippen molar-refractivity contribution < 1.29 is 0 Å². The van der Waals surface area contributed by atoms with E-state index in [-0.39, 0.29) is 0 Å². The maximum atomic E-state index is 5.51. The average Bonchev–Trinajstić information content (AvgIpc) is 2.82. The first kappa shape index (κ1) is 11.0. The van der Waals surface area contributed by atoms with E-state index in [0.717, 1.165) is 41.8 Å². The summed E-state index contributed by atoms with van der Waals surface area (Å²) >= 11 is 3.50. The van der Waals surface area contributed by atoms with Crippen LogP contribution in [0.1, 0.15) is 23.5 Å². The Hall–Kier alpha value is -1.13. The van der Waals surface area contributed by atoms with E-state index < -0.39 is 0 Å². The lowest BCUT2D eigenvalue weighted by Crippen LogP contribution is -2.01. The number of aromatic amines is 1. The Morgan fingerprint density at radius 1 is 1.41 bits per heavy atom. The molecule has 0 saturated carbocycles. The molecule has 0 saturated heterocycles. The minimum Gasteiger partial charge on any atom is -0.345 e. The highest BCUT2D eigenvalue weighted by Crippen LogP contribution is 2.36. The smallest absolute Gasteiger partial charge is 0.107 e. The highest BCUT2D eigenvalue weighted by molar-refractivity contribution is 9.10. The molecule has 4 heteroatoms. The molecule has 3 rings (SSSR count). The summed E-state index contributed by atoms with van der Waals surface area (Å²) in [6, 6.07) is 6.38. The molecule has 0 fully saturated rings. The summed E-state index contributed by atoms with van der Waals surface area (Å²) in [6.45, 7) is 0.717. The molecule has 3 nitrogen and oxygen atoms in total. The van der Waals surface area contributed by atoms with Crippen LogP contribution in [0.3, 0.4) is 0 Å². The molecule has 0 unspecified atom stereocenters. The SMILES string of the molecule is NCCCc1nc2c([nH]1)Cc1cc(Br)ccc1-2. The van der Waals surface area contributed by atoms with Gasteiger partial charge in [0.05, 0.1) is 5.69 Å². The lowest BCUT2D eigenvalue weighted by atomic mass is 10.1. The van der Waals surface area contributed by atoms with Crippen LogP contribution in [0.25, 0.3) is 11.3 Å². The molecule has 1 aromatic heterocycles. The predicted molar refractivity (Wildman–Crippen MR) is 71.9 cm³/mol. The highest BCUT2D eigenvalue weighted by atomic mass is 79.9. The standard InChI is InChI=1S/C13H14BrN3/c14-9-3-4-10-8(6-9)7-11-13(10)17-12(16-11)2-1-5-15/h3-4,6H,1-2,5,7,15H2,(H,16,17). The molecule has 88 valence electrons. The monoisotopic (exact) mass is 291 g/mol. The van der Waals surface area contributed by atoms with E-state index >= 15 is 0 Å². The summed E-state index contributed by atoms with van der Waals surface area (Å²) in [7, 11) is 0. The average molecular weight is 292 g/mol. The molecule has 1 aliphatic carbocycles. The molecule has 0 spiro atoms. The third kappa shape index (κ3) is 1.91. The summed E-state index contributed by atoms with van der Waals surface area (Å²) in [5, 5.41) is 0. The van der Waals surface area contributed by atoms with E-state index in [9.17, 15) is 0 Å². The van der Waals surface area contributed by atoms with Gasteiger partial charge < -0.3 is 10.7 Å². The van der Waals surface area contributed by atoms with Crippen LogP contribution in [0.15, 0.2) is 22.7 Å². The van der Waals surface area contributed by atoms with Gasteiger partial charge in [-0.3, -0.25) is 0 Å². The molecule has 0 radical (unpaired) electrons. The highest BCUT2D eigenvalue weighted by Gasteiger charge is 2.22. The fraction of sp³-hybridized carbons (Fsp3) is 0.308. The van der Waals surface area contributed by atoms with Crippen molar-refractivity contribution in [1.29, 1.82) is 0 Å². The lowest BCUT2D eigenvalue weighted by Gasteiger charge is -2.00. The zero-order chi connectivity index (χ0) is 11.8. The Morgan fingerprint density at radius 2 is 2.29 bits per heavy atom. The Kier molecular flexibility index (Phi) is 2.76. The minimum absolute atomic E-state index is 0.717. The maximum absolute atomic E-state index is 5.51. The van der Waals surface area contributed by atoms with Gasteiger partial charge in [0.1, 0.15) is 5.82 Å². The number of benzene rings is 1. The van der Waals surface area contributed by atoms with Gasteiger partial charge in [-0.05, 0) is 30.7 Å². The number of hydrogen-bond acceptors (Lipinski definition) is 2. The first-order valence-electron chi connectivity index (χ1n) is 5.84. The number of aromatic nitrogens is 2. The number of rotatable bonds is 3. The normalized spacial score (nSPS) is 12.6. The van der Waals surface area contributed by atoms with Gasteiger partial charge in [0.25, 0.3) is 0 Å². The first-order valence-corrected chi connectivity index (χ1v) is 6.64. The molecule has 1 heterocycles. The van der Waals surface area contributed by atoms with Crippen LogP contribution in [0, 0.1) is 0 Å². The van der Waals surface area contributed by atoms with Gasteiger partial charge in [-0.15, -0.1) is 0 Å². The van der Waals surface area contributed by atoms with Crippen molar-refractivity contribution in [2.45, 2.75) is 19.3 Å². The molecule has 1 aliphatic rings. The van der Waals surface area contributed by atoms with Crippen LogP contribution in [0.5, 0.6) is 0 Å². The van der Waals surface area contributed by atoms with Crippen molar-refractivity contribution in [1.82, 2.24) is 9.97 Å². The molecule has 2 aromatic rings. The second kappa shape index (κ2) is 4.27. The fourth-order valence-corrected chi connectivity index (χ4v) is 2.74. The fourth-order valence-electron chi connectivity index (χ4n) is 2.33. The van der Waals surface area contributed by atoms with Crippen molar-refractivity contribution in [3.63, 3.8) is 0 Å². The second-order valence-electron chi connectivity index (χ2n) is 4.38. The molecule has 0 amide bonds. The number of imidazole rings is 1. The van der Waals surface area contributed by atoms with E-state index in [0.29, 0.717) is 0 Å². The van der Waals surface area contributed by atoms with Crippen LogP contribution in [-0.4, -0.2) is 16.5 Å². The molecular weight excluding hydrogens is 278 g/mol. The number of aryl methyl sites for hydroxylation is 1. The molecular formula is C13H14BrN3. The van der Waals surface area contributed by atoms with Crippen molar-refractivity contribution in [3.05, 3.63) is 39.8 Å². The zero-order valence-electron chi connectivity index (χ0n) is 9.46. The van der Waals surface area contributed by atoms with Crippen molar-refractivity contribution >= 4 is 15.9 Å². The molecule has 3 N–H and O–H groups in total. The Bertz CT molecular complexity index is 560. The number of hydrogen-bond donors (Lipinski definition) is 2. The number of nitrogens with two attached hydrogens (primary N) is 1. The van der Waals surface area contributed by atoms with Crippen molar-refractivity contribution in [3.8, 4) is 11.3 Å². The second-order valence-corrected chi connectivity index (χ2v) is 5.30. The third-order valence-corrected chi connectivity index (χ3v) is 3.63. The van der Waals surface area contributed by atoms with Gasteiger partial charge in [-0.2, -0.15) is 0 Å². The number of fused-ring (bicyclic) bond motifs is 3. The van der Waals surface area contributed by atoms with Crippen LogP contribution in [0.4, 0.5) is 0 Å². The molecule has 17 heavy (non-hydrogen) atoms. The van der Waals surface area contributed by atoms with Crippen LogP contribution in [-0.2, 0) is 12.8 Å². The summed E-state index contributed by atoms with van der Waals surface area (Å²) in [4.78, 5) is 8.09. The van der Waals surface area contributed by atoms with Crippen LogP contribution < -0.4 is 5.73 Å². The van der Waals surface area contributed by atoms with E-state index in [1.165, 1.54) is 16.8 Å². The lowest BCUT2D eigenvalue weighted by molar-refractivity contribution is 0.790. The Labute approximate surface area is 109 Å². The van der Waals surface area contributed by atoms with Crippen LogP contribution in [0.2, 0.25) is 0 Å². The summed E-state index contributed by atoms with van der Waals surface area (Å²) in [6.07, 6.45) is 2.88. The van der Waals surface area contributed by atoms with Crippen molar-refractivity contribution in [2.24, 2.45) is 5.73 Å². The number of H-pyrrole nitrogens is 1.